The van der Waals surface area contributed by atoms with E-state index in [-0.39, 0.29) is 0 Å². The van der Waals surface area contributed by atoms with Crippen molar-refractivity contribution in [3.8, 4) is 6.07 Å². The second-order valence-electron chi connectivity index (χ2n) is 3.24. The highest BCUT2D eigenvalue weighted by Gasteiger charge is 1.93. The Labute approximate surface area is 90.0 Å². The maximum Gasteiger partial charge on any atom is 0.142 e. The van der Waals surface area contributed by atoms with Crippen molar-refractivity contribution in [3.05, 3.63) is 35.9 Å². The molecule has 78 valence electrons. The topological polar surface area (TPSA) is 45.4 Å². The maximum atomic E-state index is 8.37. The molecule has 1 aromatic rings. The molecule has 0 amide bonds. The van der Waals surface area contributed by atoms with Crippen LogP contribution < -0.4 is 0 Å². The number of nitrogens with zero attached hydrogens (tertiary/aromatic N) is 2. The van der Waals surface area contributed by atoms with E-state index >= 15 is 0 Å². The van der Waals surface area contributed by atoms with Crippen molar-refractivity contribution in [2.75, 3.05) is 0 Å². The predicted octanol–water partition coefficient (Wildman–Crippen LogP) is 2.88. The zero-order valence-corrected chi connectivity index (χ0v) is 8.81. The summed E-state index contributed by atoms with van der Waals surface area (Å²) in [5.41, 5.74) is 1.95. The molecule has 1 rings (SSSR count). The van der Waals surface area contributed by atoms with Crippen molar-refractivity contribution in [1.29, 1.82) is 5.26 Å². The van der Waals surface area contributed by atoms with E-state index in [0.717, 1.165) is 11.3 Å². The largest absolute Gasteiger partial charge is 0.391 e. The Hall–Kier alpha value is -1.82. The zero-order chi connectivity index (χ0) is 10.9. The Morgan fingerprint density at radius 2 is 2.13 bits per heavy atom. The standard InChI is InChI=1S/C12H14N2O/c1-11(6-5-9-13)14-15-10-12-7-3-2-4-8-12/h2-4,7-8H,5-6,10H2,1H3/b14-11+. The van der Waals surface area contributed by atoms with E-state index in [2.05, 4.69) is 11.2 Å². The van der Waals surface area contributed by atoms with Crippen molar-refractivity contribution >= 4 is 5.71 Å². The molecule has 0 saturated heterocycles. The van der Waals surface area contributed by atoms with E-state index in [0.29, 0.717) is 19.4 Å². The van der Waals surface area contributed by atoms with Crippen molar-refractivity contribution in [2.24, 2.45) is 5.16 Å². The minimum atomic E-state index is 0.477. The summed E-state index contributed by atoms with van der Waals surface area (Å²) >= 11 is 0. The molecule has 15 heavy (non-hydrogen) atoms. The minimum absolute atomic E-state index is 0.477. The molecule has 0 aromatic heterocycles. The van der Waals surface area contributed by atoms with Gasteiger partial charge in [0.2, 0.25) is 0 Å². The summed E-state index contributed by atoms with van der Waals surface area (Å²) in [4.78, 5) is 5.16. The molecule has 0 spiro atoms. The summed E-state index contributed by atoms with van der Waals surface area (Å²) in [5.74, 6) is 0. The van der Waals surface area contributed by atoms with Gasteiger partial charge < -0.3 is 4.84 Å². The van der Waals surface area contributed by atoms with E-state index < -0.39 is 0 Å². The first-order valence-electron chi connectivity index (χ1n) is 4.89. The van der Waals surface area contributed by atoms with Gasteiger partial charge in [0.25, 0.3) is 0 Å². The van der Waals surface area contributed by atoms with Crippen LogP contribution in [-0.2, 0) is 11.4 Å². The van der Waals surface area contributed by atoms with Crippen LogP contribution in [0.1, 0.15) is 25.3 Å². The van der Waals surface area contributed by atoms with Crippen LogP contribution in [0, 0.1) is 11.3 Å². The van der Waals surface area contributed by atoms with Crippen molar-refractivity contribution in [1.82, 2.24) is 0 Å². The van der Waals surface area contributed by atoms with Gasteiger partial charge in [-0.1, -0.05) is 35.5 Å². The van der Waals surface area contributed by atoms with Gasteiger partial charge in [-0.3, -0.25) is 0 Å². The third-order valence-electron chi connectivity index (χ3n) is 1.89. The van der Waals surface area contributed by atoms with Crippen molar-refractivity contribution in [2.45, 2.75) is 26.4 Å². The number of benzene rings is 1. The van der Waals surface area contributed by atoms with Crippen LogP contribution in [-0.4, -0.2) is 5.71 Å². The lowest BCUT2D eigenvalue weighted by molar-refractivity contribution is 0.129. The summed E-state index contributed by atoms with van der Waals surface area (Å²) in [6, 6.07) is 11.9. The van der Waals surface area contributed by atoms with Crippen molar-refractivity contribution < 1.29 is 4.84 Å². The summed E-state index contributed by atoms with van der Waals surface area (Å²) in [7, 11) is 0. The molecule has 3 heteroatoms. The Balaban J connectivity index is 2.30. The average molecular weight is 202 g/mol. The third kappa shape index (κ3) is 4.82. The molecule has 3 nitrogen and oxygen atoms in total. The Bertz CT molecular complexity index is 352. The van der Waals surface area contributed by atoms with Crippen LogP contribution in [0.4, 0.5) is 0 Å². The van der Waals surface area contributed by atoms with Crippen LogP contribution >= 0.6 is 0 Å². The van der Waals surface area contributed by atoms with Crippen LogP contribution in [0.15, 0.2) is 35.5 Å². The van der Waals surface area contributed by atoms with E-state index in [1.165, 1.54) is 0 Å². The molecule has 1 aromatic carbocycles. The first kappa shape index (κ1) is 11.3. The fourth-order valence-corrected chi connectivity index (χ4v) is 1.07. The molecular formula is C12H14N2O. The van der Waals surface area contributed by atoms with E-state index in [1.807, 2.05) is 37.3 Å². The van der Waals surface area contributed by atoms with Gasteiger partial charge in [-0.2, -0.15) is 5.26 Å². The normalized spacial score (nSPS) is 10.8. The monoisotopic (exact) mass is 202 g/mol. The van der Waals surface area contributed by atoms with E-state index in [4.69, 9.17) is 10.1 Å². The third-order valence-corrected chi connectivity index (χ3v) is 1.89. The van der Waals surface area contributed by atoms with Crippen LogP contribution in [0.25, 0.3) is 0 Å². The van der Waals surface area contributed by atoms with E-state index in [1.54, 1.807) is 0 Å². The molecule has 0 saturated carbocycles. The number of hydrogen-bond donors (Lipinski definition) is 0. The highest BCUT2D eigenvalue weighted by molar-refractivity contribution is 5.81. The second kappa shape index (κ2) is 6.61. The molecule has 0 N–H and O–H groups in total. The molecule has 0 aliphatic heterocycles. The highest BCUT2D eigenvalue weighted by Crippen LogP contribution is 2.01. The Kier molecular flexibility index (Phi) is 4.96. The van der Waals surface area contributed by atoms with Gasteiger partial charge in [0.05, 0.1) is 11.8 Å². The van der Waals surface area contributed by atoms with Gasteiger partial charge >= 0.3 is 0 Å². The quantitative estimate of drug-likeness (QED) is 0.544. The van der Waals surface area contributed by atoms with Crippen molar-refractivity contribution in [3.63, 3.8) is 0 Å². The SMILES string of the molecule is C/C(CCC#N)=N\OCc1ccccc1. The molecule has 0 aliphatic rings. The maximum absolute atomic E-state index is 8.37. The lowest BCUT2D eigenvalue weighted by Gasteiger charge is -2.00. The summed E-state index contributed by atoms with van der Waals surface area (Å²) in [6.45, 7) is 2.34. The summed E-state index contributed by atoms with van der Waals surface area (Å²) in [6.07, 6.45) is 1.16. The second-order valence-corrected chi connectivity index (χ2v) is 3.24. The first-order valence-corrected chi connectivity index (χ1v) is 4.89. The summed E-state index contributed by atoms with van der Waals surface area (Å²) in [5, 5.41) is 12.3. The van der Waals surface area contributed by atoms with Gasteiger partial charge in [0, 0.05) is 12.8 Å². The van der Waals surface area contributed by atoms with Gasteiger partial charge in [-0.25, -0.2) is 0 Å². The Morgan fingerprint density at radius 1 is 1.40 bits per heavy atom. The van der Waals surface area contributed by atoms with Gasteiger partial charge in [-0.15, -0.1) is 0 Å². The predicted molar refractivity (Wildman–Crippen MR) is 59.2 cm³/mol. The molecular weight excluding hydrogens is 188 g/mol. The molecule has 0 bridgehead atoms. The molecule has 0 fully saturated rings. The van der Waals surface area contributed by atoms with Crippen LogP contribution in [0.5, 0.6) is 0 Å². The van der Waals surface area contributed by atoms with Crippen LogP contribution in [0.3, 0.4) is 0 Å². The smallest absolute Gasteiger partial charge is 0.142 e. The lowest BCUT2D eigenvalue weighted by atomic mass is 10.2. The minimum Gasteiger partial charge on any atom is -0.391 e. The Morgan fingerprint density at radius 3 is 2.80 bits per heavy atom. The molecule has 0 unspecified atom stereocenters. The fraction of sp³-hybridized carbons (Fsp3) is 0.333. The first-order chi connectivity index (χ1) is 7.33. The average Bonchev–Trinajstić information content (AvgIpc) is 2.28. The van der Waals surface area contributed by atoms with E-state index in [9.17, 15) is 0 Å². The zero-order valence-electron chi connectivity index (χ0n) is 8.81. The molecule has 0 atom stereocenters. The van der Waals surface area contributed by atoms with Gasteiger partial charge in [0.1, 0.15) is 6.61 Å². The van der Waals surface area contributed by atoms with Gasteiger partial charge in [-0.05, 0) is 12.5 Å². The van der Waals surface area contributed by atoms with Gasteiger partial charge in [0.15, 0.2) is 0 Å². The number of rotatable bonds is 5. The number of hydrogen-bond acceptors (Lipinski definition) is 3. The number of oxime groups is 1. The molecule has 0 radical (unpaired) electrons. The lowest BCUT2D eigenvalue weighted by Crippen LogP contribution is -1.93. The fourth-order valence-electron chi connectivity index (χ4n) is 1.07. The summed E-state index contributed by atoms with van der Waals surface area (Å²) < 4.78 is 0. The number of nitriles is 1. The van der Waals surface area contributed by atoms with Crippen LogP contribution in [0.2, 0.25) is 0 Å². The molecule has 0 heterocycles. The molecule has 0 aliphatic carbocycles. The highest BCUT2D eigenvalue weighted by atomic mass is 16.6.